The lowest BCUT2D eigenvalue weighted by molar-refractivity contribution is -0.184. The summed E-state index contributed by atoms with van der Waals surface area (Å²) in [6, 6.07) is 0. The number of halogens is 1. The molecule has 0 saturated heterocycles. The highest BCUT2D eigenvalue weighted by molar-refractivity contribution is 6.33. The van der Waals surface area contributed by atoms with Gasteiger partial charge in [-0.15, -0.1) is 0 Å². The van der Waals surface area contributed by atoms with Crippen LogP contribution in [0.4, 0.5) is 5.95 Å². The number of aryl methyl sites for hydroxylation is 1. The van der Waals surface area contributed by atoms with Crippen LogP contribution in [0.15, 0.2) is 6.33 Å². The number of nitrogens with zero attached hydrogens (tertiary/aromatic N) is 4. The van der Waals surface area contributed by atoms with Gasteiger partial charge in [-0.3, -0.25) is 14.4 Å². The number of carbonyl (C=O) groups is 3. The Kier molecular flexibility index (Phi) is 7.32. The molecular formula is C17H22ClN5O6. The number of aromatic nitrogens is 4. The molecule has 0 amide bonds. The maximum atomic E-state index is 12.7. The van der Waals surface area contributed by atoms with E-state index in [4.69, 9.17) is 31.5 Å². The van der Waals surface area contributed by atoms with Crippen LogP contribution in [0.3, 0.4) is 0 Å². The van der Waals surface area contributed by atoms with E-state index in [1.165, 1.54) is 10.9 Å². The van der Waals surface area contributed by atoms with E-state index in [0.29, 0.717) is 5.52 Å². The molecule has 2 aromatic rings. The SMILES string of the molecule is CCOC(=O)C(CCn1cnc2nc(N)nc(Cl)c21)(C(=O)OCC)C(=O)OCC. The van der Waals surface area contributed by atoms with Crippen molar-refractivity contribution in [3.63, 3.8) is 0 Å². The van der Waals surface area contributed by atoms with Crippen molar-refractivity contribution < 1.29 is 28.6 Å². The fraction of sp³-hybridized carbons (Fsp3) is 0.529. The second kappa shape index (κ2) is 9.50. The Balaban J connectivity index is 2.47. The van der Waals surface area contributed by atoms with Crippen molar-refractivity contribution in [2.75, 3.05) is 25.6 Å². The van der Waals surface area contributed by atoms with Crippen molar-refractivity contribution in [3.05, 3.63) is 11.5 Å². The van der Waals surface area contributed by atoms with Crippen LogP contribution >= 0.6 is 11.6 Å². The Morgan fingerprint density at radius 3 is 2.03 bits per heavy atom. The van der Waals surface area contributed by atoms with E-state index in [0.717, 1.165) is 0 Å². The van der Waals surface area contributed by atoms with Crippen LogP contribution < -0.4 is 5.73 Å². The first-order chi connectivity index (χ1) is 13.8. The Hall–Kier alpha value is -2.95. The quantitative estimate of drug-likeness (QED) is 0.267. The predicted molar refractivity (Wildman–Crippen MR) is 102 cm³/mol. The molecule has 0 bridgehead atoms. The van der Waals surface area contributed by atoms with Crippen molar-refractivity contribution in [1.29, 1.82) is 0 Å². The molecule has 158 valence electrons. The Morgan fingerprint density at radius 1 is 1.03 bits per heavy atom. The van der Waals surface area contributed by atoms with Crippen LogP contribution in [0, 0.1) is 5.41 Å². The van der Waals surface area contributed by atoms with E-state index in [9.17, 15) is 14.4 Å². The number of carbonyl (C=O) groups excluding carboxylic acids is 3. The Morgan fingerprint density at radius 2 is 1.55 bits per heavy atom. The molecule has 0 unspecified atom stereocenters. The maximum absolute atomic E-state index is 12.7. The number of nitrogen functional groups attached to an aromatic ring is 1. The molecular weight excluding hydrogens is 406 g/mol. The summed E-state index contributed by atoms with van der Waals surface area (Å²) in [4.78, 5) is 50.1. The molecule has 2 N–H and O–H groups in total. The molecule has 2 heterocycles. The van der Waals surface area contributed by atoms with Crippen LogP contribution in [0.25, 0.3) is 11.2 Å². The fourth-order valence-corrected chi connectivity index (χ4v) is 3.01. The summed E-state index contributed by atoms with van der Waals surface area (Å²) in [7, 11) is 0. The summed E-state index contributed by atoms with van der Waals surface area (Å²) in [5.74, 6) is -3.19. The molecule has 2 aromatic heterocycles. The number of rotatable bonds is 9. The first kappa shape index (κ1) is 22.3. The van der Waals surface area contributed by atoms with E-state index in [2.05, 4.69) is 15.0 Å². The summed E-state index contributed by atoms with van der Waals surface area (Å²) in [6.45, 7) is 4.54. The van der Waals surface area contributed by atoms with Crippen LogP contribution in [0.1, 0.15) is 27.2 Å². The molecule has 0 aliphatic carbocycles. The molecule has 2 rings (SSSR count). The number of fused-ring (bicyclic) bond motifs is 1. The van der Waals surface area contributed by atoms with Gasteiger partial charge in [0.05, 0.1) is 26.1 Å². The summed E-state index contributed by atoms with van der Waals surface area (Å²) in [5, 5.41) is 0.0407. The number of esters is 3. The van der Waals surface area contributed by atoms with Crippen LogP contribution in [-0.2, 0) is 35.1 Å². The van der Waals surface area contributed by atoms with E-state index >= 15 is 0 Å². The standard InChI is InChI=1S/C17H22ClN5O6/c1-4-27-13(24)17(14(25)28-5-2,15(26)29-6-3)7-8-23-9-20-12-10(23)11(18)21-16(19)22-12/h9H,4-8H2,1-3H3,(H2,19,21,22). The molecule has 0 aliphatic rings. The van der Waals surface area contributed by atoms with Gasteiger partial charge in [0.25, 0.3) is 5.41 Å². The summed E-state index contributed by atoms with van der Waals surface area (Å²) >= 11 is 6.13. The van der Waals surface area contributed by atoms with Gasteiger partial charge in [0.15, 0.2) is 10.8 Å². The number of hydrogen-bond donors (Lipinski definition) is 1. The zero-order valence-corrected chi connectivity index (χ0v) is 17.1. The second-order valence-corrected chi connectivity index (χ2v) is 6.16. The van der Waals surface area contributed by atoms with Gasteiger partial charge in [-0.25, -0.2) is 4.98 Å². The average molecular weight is 428 g/mol. The third-order valence-electron chi connectivity index (χ3n) is 4.05. The van der Waals surface area contributed by atoms with Crippen molar-refractivity contribution in [3.8, 4) is 0 Å². The first-order valence-electron chi connectivity index (χ1n) is 8.97. The van der Waals surface area contributed by atoms with Gasteiger partial charge in [0, 0.05) is 13.0 Å². The molecule has 0 spiro atoms. The minimum absolute atomic E-state index is 0.0278. The highest BCUT2D eigenvalue weighted by atomic mass is 35.5. The second-order valence-electron chi connectivity index (χ2n) is 5.80. The van der Waals surface area contributed by atoms with Gasteiger partial charge in [-0.05, 0) is 20.8 Å². The van der Waals surface area contributed by atoms with Gasteiger partial charge in [0.1, 0.15) is 5.52 Å². The highest BCUT2D eigenvalue weighted by Gasteiger charge is 2.57. The van der Waals surface area contributed by atoms with Gasteiger partial charge >= 0.3 is 17.9 Å². The zero-order valence-electron chi connectivity index (χ0n) is 16.3. The molecule has 11 nitrogen and oxygen atoms in total. The highest BCUT2D eigenvalue weighted by Crippen LogP contribution is 2.31. The molecule has 0 aromatic carbocycles. The normalized spacial score (nSPS) is 11.3. The van der Waals surface area contributed by atoms with Gasteiger partial charge in [-0.1, -0.05) is 11.6 Å². The molecule has 0 aliphatic heterocycles. The summed E-state index contributed by atoms with van der Waals surface area (Å²) in [6.07, 6.45) is 1.08. The molecule has 0 fully saturated rings. The number of nitrogens with two attached hydrogens (primary N) is 1. The topological polar surface area (TPSA) is 149 Å². The Bertz CT molecular complexity index is 870. The average Bonchev–Trinajstić information content (AvgIpc) is 3.06. The largest absolute Gasteiger partial charge is 0.465 e. The van der Waals surface area contributed by atoms with E-state index < -0.39 is 23.3 Å². The van der Waals surface area contributed by atoms with Gasteiger partial charge in [0.2, 0.25) is 5.95 Å². The molecule has 12 heteroatoms. The van der Waals surface area contributed by atoms with Crippen molar-refractivity contribution in [2.45, 2.75) is 33.7 Å². The number of imidazole rings is 1. The van der Waals surface area contributed by atoms with Crippen LogP contribution in [-0.4, -0.2) is 57.2 Å². The Labute approximate surface area is 171 Å². The molecule has 0 radical (unpaired) electrons. The van der Waals surface area contributed by atoms with E-state index in [1.54, 1.807) is 20.8 Å². The van der Waals surface area contributed by atoms with Crippen molar-refractivity contribution in [1.82, 2.24) is 19.5 Å². The minimum atomic E-state index is -2.29. The van der Waals surface area contributed by atoms with Gasteiger partial charge < -0.3 is 24.5 Å². The lowest BCUT2D eigenvalue weighted by Gasteiger charge is -2.27. The monoisotopic (exact) mass is 427 g/mol. The molecule has 0 saturated carbocycles. The molecule has 29 heavy (non-hydrogen) atoms. The van der Waals surface area contributed by atoms with Crippen molar-refractivity contribution >= 4 is 46.6 Å². The lowest BCUT2D eigenvalue weighted by Crippen LogP contribution is -2.50. The third-order valence-corrected chi connectivity index (χ3v) is 4.31. The summed E-state index contributed by atoms with van der Waals surface area (Å²) in [5.41, 5.74) is 3.84. The summed E-state index contributed by atoms with van der Waals surface area (Å²) < 4.78 is 16.5. The molecule has 0 atom stereocenters. The number of ether oxygens (including phenoxy) is 3. The number of hydrogen-bond acceptors (Lipinski definition) is 10. The van der Waals surface area contributed by atoms with Crippen LogP contribution in [0.2, 0.25) is 5.15 Å². The van der Waals surface area contributed by atoms with E-state index in [1.807, 2.05) is 0 Å². The van der Waals surface area contributed by atoms with Gasteiger partial charge in [-0.2, -0.15) is 9.97 Å². The third kappa shape index (κ3) is 4.39. The fourth-order valence-electron chi connectivity index (χ4n) is 2.73. The predicted octanol–water partition coefficient (Wildman–Crippen LogP) is 1.13. The first-order valence-corrected chi connectivity index (χ1v) is 9.35. The minimum Gasteiger partial charge on any atom is -0.465 e. The van der Waals surface area contributed by atoms with Crippen LogP contribution in [0.5, 0.6) is 0 Å². The maximum Gasteiger partial charge on any atom is 0.335 e. The van der Waals surface area contributed by atoms with Crippen molar-refractivity contribution in [2.24, 2.45) is 5.41 Å². The lowest BCUT2D eigenvalue weighted by atomic mass is 9.84. The smallest absolute Gasteiger partial charge is 0.335 e. The van der Waals surface area contributed by atoms with E-state index in [-0.39, 0.29) is 49.5 Å². The zero-order chi connectivity index (χ0) is 21.6. The number of anilines is 1.